The van der Waals surface area contributed by atoms with Crippen LogP contribution in [0.3, 0.4) is 0 Å². The summed E-state index contributed by atoms with van der Waals surface area (Å²) >= 11 is 3.30. The fraction of sp³-hybridized carbons (Fsp3) is 0.500. The van der Waals surface area contributed by atoms with Gasteiger partial charge in [-0.05, 0) is 12.8 Å². The summed E-state index contributed by atoms with van der Waals surface area (Å²) in [5.41, 5.74) is 5.60. The molecular formula is C10H15BrN4O2. The van der Waals surface area contributed by atoms with Crippen LogP contribution >= 0.6 is 15.9 Å². The van der Waals surface area contributed by atoms with E-state index in [0.717, 1.165) is 18.2 Å². The number of nitrogens with zero attached hydrogens (tertiary/aromatic N) is 2. The summed E-state index contributed by atoms with van der Waals surface area (Å²) in [5, 5.41) is 7.50. The standard InChI is InChI=1S/C10H15BrN4O2/c11-4-2-1-3-10(17)14-8-5-13-15(6-8)7-9(12)16/h5-6H,1-4,7H2,(H2,12,16)(H,14,17). The van der Waals surface area contributed by atoms with Gasteiger partial charge in [0.25, 0.3) is 0 Å². The predicted molar refractivity (Wildman–Crippen MR) is 67.7 cm³/mol. The molecule has 0 aliphatic rings. The third-order valence-electron chi connectivity index (χ3n) is 2.02. The van der Waals surface area contributed by atoms with E-state index in [1.165, 1.54) is 10.9 Å². The lowest BCUT2D eigenvalue weighted by molar-refractivity contribution is -0.118. The first kappa shape index (κ1) is 13.7. The minimum Gasteiger partial charge on any atom is -0.368 e. The third-order valence-corrected chi connectivity index (χ3v) is 2.58. The summed E-state index contributed by atoms with van der Waals surface area (Å²) in [6.07, 6.45) is 5.35. The molecule has 0 radical (unpaired) electrons. The molecule has 0 bridgehead atoms. The van der Waals surface area contributed by atoms with E-state index in [1.807, 2.05) is 0 Å². The van der Waals surface area contributed by atoms with Crippen LogP contribution in [0.1, 0.15) is 19.3 Å². The van der Waals surface area contributed by atoms with E-state index >= 15 is 0 Å². The molecule has 7 heteroatoms. The monoisotopic (exact) mass is 302 g/mol. The van der Waals surface area contributed by atoms with Crippen LogP contribution in [-0.4, -0.2) is 26.9 Å². The van der Waals surface area contributed by atoms with Gasteiger partial charge in [-0.2, -0.15) is 5.10 Å². The number of carbonyl (C=O) groups excluding carboxylic acids is 2. The minimum atomic E-state index is -0.469. The van der Waals surface area contributed by atoms with Crippen molar-refractivity contribution >= 4 is 33.4 Å². The van der Waals surface area contributed by atoms with Crippen molar-refractivity contribution in [1.29, 1.82) is 0 Å². The number of amides is 2. The van der Waals surface area contributed by atoms with E-state index in [-0.39, 0.29) is 12.5 Å². The summed E-state index contributed by atoms with van der Waals surface area (Å²) in [5.74, 6) is -0.520. The normalized spacial score (nSPS) is 10.2. The van der Waals surface area contributed by atoms with Gasteiger partial charge in [-0.25, -0.2) is 0 Å². The number of nitrogens with one attached hydrogen (secondary N) is 1. The van der Waals surface area contributed by atoms with Crippen LogP contribution in [0.4, 0.5) is 5.69 Å². The average Bonchev–Trinajstić information content (AvgIpc) is 2.64. The number of rotatable bonds is 7. The highest BCUT2D eigenvalue weighted by Crippen LogP contribution is 2.07. The molecule has 17 heavy (non-hydrogen) atoms. The van der Waals surface area contributed by atoms with E-state index in [1.54, 1.807) is 6.20 Å². The Morgan fingerprint density at radius 2 is 2.24 bits per heavy atom. The zero-order valence-corrected chi connectivity index (χ0v) is 10.9. The second kappa shape index (κ2) is 7.05. The molecule has 1 heterocycles. The number of anilines is 1. The molecule has 2 amide bonds. The second-order valence-electron chi connectivity index (χ2n) is 3.59. The van der Waals surface area contributed by atoms with E-state index in [2.05, 4.69) is 26.3 Å². The Morgan fingerprint density at radius 1 is 1.47 bits per heavy atom. The Labute approximate surface area is 108 Å². The molecule has 0 saturated heterocycles. The molecule has 1 aromatic heterocycles. The Morgan fingerprint density at radius 3 is 2.88 bits per heavy atom. The average molecular weight is 303 g/mol. The molecule has 1 aromatic rings. The summed E-state index contributed by atoms with van der Waals surface area (Å²) in [7, 11) is 0. The van der Waals surface area contributed by atoms with Crippen molar-refractivity contribution in [1.82, 2.24) is 9.78 Å². The molecule has 0 spiro atoms. The highest BCUT2D eigenvalue weighted by molar-refractivity contribution is 9.09. The van der Waals surface area contributed by atoms with Crippen molar-refractivity contribution in [3.63, 3.8) is 0 Å². The van der Waals surface area contributed by atoms with Crippen LogP contribution in [0.15, 0.2) is 12.4 Å². The third kappa shape index (κ3) is 5.48. The fourth-order valence-corrected chi connectivity index (χ4v) is 1.67. The molecule has 0 unspecified atom stereocenters. The zero-order valence-electron chi connectivity index (χ0n) is 9.36. The van der Waals surface area contributed by atoms with Crippen LogP contribution in [0.2, 0.25) is 0 Å². The molecule has 94 valence electrons. The van der Waals surface area contributed by atoms with Crippen molar-refractivity contribution in [2.45, 2.75) is 25.8 Å². The van der Waals surface area contributed by atoms with Crippen molar-refractivity contribution in [3.05, 3.63) is 12.4 Å². The summed E-state index contributed by atoms with van der Waals surface area (Å²) in [6.45, 7) is 0.0134. The molecule has 6 nitrogen and oxygen atoms in total. The maximum atomic E-state index is 11.5. The van der Waals surface area contributed by atoms with Gasteiger partial charge in [0.05, 0.1) is 11.9 Å². The lowest BCUT2D eigenvalue weighted by Crippen LogP contribution is -2.18. The first-order chi connectivity index (χ1) is 8.11. The van der Waals surface area contributed by atoms with Crippen molar-refractivity contribution in [3.8, 4) is 0 Å². The smallest absolute Gasteiger partial charge is 0.239 e. The summed E-state index contributed by atoms with van der Waals surface area (Å²) < 4.78 is 1.39. The van der Waals surface area contributed by atoms with Gasteiger partial charge >= 0.3 is 0 Å². The van der Waals surface area contributed by atoms with Gasteiger partial charge in [-0.1, -0.05) is 15.9 Å². The lowest BCUT2D eigenvalue weighted by atomic mass is 10.2. The molecule has 0 aromatic carbocycles. The van der Waals surface area contributed by atoms with Gasteiger partial charge in [0.15, 0.2) is 0 Å². The SMILES string of the molecule is NC(=O)Cn1cc(NC(=O)CCCCBr)cn1. The van der Waals surface area contributed by atoms with Gasteiger partial charge in [-0.15, -0.1) is 0 Å². The molecule has 3 N–H and O–H groups in total. The molecule has 1 rings (SSSR count). The van der Waals surface area contributed by atoms with E-state index < -0.39 is 5.91 Å². The number of unbranched alkanes of at least 4 members (excludes halogenated alkanes) is 1. The van der Waals surface area contributed by atoms with Crippen molar-refractivity contribution in [2.75, 3.05) is 10.6 Å². The largest absolute Gasteiger partial charge is 0.368 e. The molecule has 0 aliphatic carbocycles. The number of halogens is 1. The van der Waals surface area contributed by atoms with Gasteiger partial charge in [0, 0.05) is 17.9 Å². The maximum Gasteiger partial charge on any atom is 0.239 e. The Bertz CT molecular complexity index is 391. The summed E-state index contributed by atoms with van der Waals surface area (Å²) in [4.78, 5) is 22.1. The number of aromatic nitrogens is 2. The fourth-order valence-electron chi connectivity index (χ4n) is 1.28. The number of nitrogens with two attached hydrogens (primary N) is 1. The number of carbonyl (C=O) groups is 2. The van der Waals surface area contributed by atoms with E-state index in [9.17, 15) is 9.59 Å². The van der Waals surface area contributed by atoms with Crippen LogP contribution in [0, 0.1) is 0 Å². The molecule has 0 saturated carbocycles. The predicted octanol–water partition coefficient (Wildman–Crippen LogP) is 0.872. The lowest BCUT2D eigenvalue weighted by Gasteiger charge is -2.01. The molecular weight excluding hydrogens is 288 g/mol. The second-order valence-corrected chi connectivity index (χ2v) is 4.38. The highest BCUT2D eigenvalue weighted by atomic mass is 79.9. The van der Waals surface area contributed by atoms with Gasteiger partial charge < -0.3 is 11.1 Å². The molecule has 0 fully saturated rings. The van der Waals surface area contributed by atoms with E-state index in [4.69, 9.17) is 5.73 Å². The number of primary amides is 1. The number of hydrogen-bond acceptors (Lipinski definition) is 3. The highest BCUT2D eigenvalue weighted by Gasteiger charge is 2.05. The van der Waals surface area contributed by atoms with Crippen LogP contribution < -0.4 is 11.1 Å². The van der Waals surface area contributed by atoms with Crippen molar-refractivity contribution < 1.29 is 9.59 Å². The van der Waals surface area contributed by atoms with Crippen LogP contribution in [-0.2, 0) is 16.1 Å². The van der Waals surface area contributed by atoms with Gasteiger partial charge in [0.2, 0.25) is 11.8 Å². The summed E-state index contributed by atoms with van der Waals surface area (Å²) in [6, 6.07) is 0. The van der Waals surface area contributed by atoms with E-state index in [0.29, 0.717) is 12.1 Å². The minimum absolute atomic E-state index is 0.0134. The van der Waals surface area contributed by atoms with Gasteiger partial charge in [0.1, 0.15) is 6.54 Å². The van der Waals surface area contributed by atoms with Crippen LogP contribution in [0.25, 0.3) is 0 Å². The first-order valence-electron chi connectivity index (χ1n) is 5.28. The number of alkyl halides is 1. The molecule has 0 aliphatic heterocycles. The van der Waals surface area contributed by atoms with Gasteiger partial charge in [-0.3, -0.25) is 14.3 Å². The molecule has 0 atom stereocenters. The van der Waals surface area contributed by atoms with Crippen molar-refractivity contribution in [2.24, 2.45) is 5.73 Å². The Kier molecular flexibility index (Phi) is 5.68. The zero-order chi connectivity index (χ0) is 12.7. The topological polar surface area (TPSA) is 90.0 Å². The quantitative estimate of drug-likeness (QED) is 0.578. The Balaban J connectivity index is 2.38. The number of hydrogen-bond donors (Lipinski definition) is 2. The maximum absolute atomic E-state index is 11.5. The van der Waals surface area contributed by atoms with Crippen LogP contribution in [0.5, 0.6) is 0 Å². The Hall–Kier alpha value is -1.37. The first-order valence-corrected chi connectivity index (χ1v) is 6.40.